The minimum absolute atomic E-state index is 0.192. The highest BCUT2D eigenvalue weighted by Crippen LogP contribution is 2.38. The monoisotopic (exact) mass is 482 g/mol. The predicted molar refractivity (Wildman–Crippen MR) is 121 cm³/mol. The van der Waals surface area contributed by atoms with E-state index in [0.29, 0.717) is 11.4 Å². The Labute approximate surface area is 185 Å². The Bertz CT molecular complexity index is 1070. The Morgan fingerprint density at radius 3 is 2.13 bits per heavy atom. The summed E-state index contributed by atoms with van der Waals surface area (Å²) >= 11 is 4.61. The van der Waals surface area contributed by atoms with E-state index in [9.17, 15) is 14.0 Å². The summed E-state index contributed by atoms with van der Waals surface area (Å²) in [4.78, 5) is 28.6. The molecule has 3 aromatic carbocycles. The summed E-state index contributed by atoms with van der Waals surface area (Å²) in [6.45, 7) is 1.98. The molecule has 0 aromatic heterocycles. The number of imide groups is 1. The van der Waals surface area contributed by atoms with Crippen molar-refractivity contribution < 1.29 is 14.0 Å². The van der Waals surface area contributed by atoms with Gasteiger partial charge in [-0.25, -0.2) is 9.29 Å². The van der Waals surface area contributed by atoms with Gasteiger partial charge >= 0.3 is 0 Å². The summed E-state index contributed by atoms with van der Waals surface area (Å²) in [5, 5.41) is 3.09. The molecule has 150 valence electrons. The second-order valence-electron chi connectivity index (χ2n) is 6.67. The van der Waals surface area contributed by atoms with Crippen LogP contribution in [-0.2, 0) is 9.59 Å². The van der Waals surface area contributed by atoms with Crippen LogP contribution < -0.4 is 10.2 Å². The summed E-state index contributed by atoms with van der Waals surface area (Å²) < 4.78 is 14.2. The van der Waals surface area contributed by atoms with E-state index in [1.54, 1.807) is 0 Å². The minimum atomic E-state index is -0.482. The highest BCUT2D eigenvalue weighted by molar-refractivity contribution is 9.10. The molecule has 0 saturated carbocycles. The van der Waals surface area contributed by atoms with Crippen LogP contribution in [0.4, 0.5) is 15.8 Å². The molecule has 4 rings (SSSR count). The summed E-state index contributed by atoms with van der Waals surface area (Å²) in [6, 6.07) is 20.3. The molecule has 1 aliphatic heterocycles. The fourth-order valence-corrected chi connectivity index (χ4v) is 4.13. The molecule has 1 heterocycles. The number of hydrogen-bond acceptors (Lipinski definition) is 4. The fourth-order valence-electron chi connectivity index (χ4n) is 2.94. The minimum Gasteiger partial charge on any atom is -0.350 e. The van der Waals surface area contributed by atoms with Crippen molar-refractivity contribution in [3.8, 4) is 0 Å². The quantitative estimate of drug-likeness (QED) is 0.460. The number of aryl methyl sites for hydroxylation is 1. The molecule has 30 heavy (non-hydrogen) atoms. The van der Waals surface area contributed by atoms with Crippen LogP contribution in [0.5, 0.6) is 0 Å². The van der Waals surface area contributed by atoms with Crippen LogP contribution in [0.2, 0.25) is 0 Å². The second-order valence-corrected chi connectivity index (χ2v) is 8.67. The van der Waals surface area contributed by atoms with Crippen molar-refractivity contribution in [1.29, 1.82) is 0 Å². The molecule has 1 N–H and O–H groups in total. The Hall–Kier alpha value is -2.90. The molecule has 0 atom stereocenters. The fraction of sp³-hybridized carbons (Fsp3) is 0.0435. The number of carbonyl (C=O) groups excluding carboxylic acids is 2. The molecule has 0 radical (unpaired) electrons. The molecule has 1 aliphatic rings. The average Bonchev–Trinajstić information content (AvgIpc) is 2.96. The Morgan fingerprint density at radius 1 is 0.867 bits per heavy atom. The number of thioether (sulfide) groups is 1. The summed E-state index contributed by atoms with van der Waals surface area (Å²) in [6.07, 6.45) is 0. The molecule has 0 unspecified atom stereocenters. The molecule has 4 nitrogen and oxygen atoms in total. The van der Waals surface area contributed by atoms with Crippen molar-refractivity contribution in [2.24, 2.45) is 0 Å². The summed E-state index contributed by atoms with van der Waals surface area (Å²) in [5.74, 6) is -1.37. The van der Waals surface area contributed by atoms with Crippen molar-refractivity contribution in [2.75, 3.05) is 10.2 Å². The van der Waals surface area contributed by atoms with Gasteiger partial charge in [-0.1, -0.05) is 45.4 Å². The van der Waals surface area contributed by atoms with Crippen LogP contribution in [0.25, 0.3) is 0 Å². The number of carbonyl (C=O) groups is 2. The van der Waals surface area contributed by atoms with Crippen molar-refractivity contribution in [3.63, 3.8) is 0 Å². The number of hydrogen-bond donors (Lipinski definition) is 1. The maximum Gasteiger partial charge on any atom is 0.283 e. The summed E-state index contributed by atoms with van der Waals surface area (Å²) in [7, 11) is 0. The van der Waals surface area contributed by atoms with Gasteiger partial charge < -0.3 is 5.32 Å². The Balaban J connectivity index is 1.73. The molecule has 7 heteroatoms. The maximum atomic E-state index is 13.3. The summed E-state index contributed by atoms with van der Waals surface area (Å²) in [5.41, 5.74) is 2.29. The molecular formula is C23H16BrFN2O2S. The molecule has 3 aromatic rings. The number of rotatable bonds is 5. The van der Waals surface area contributed by atoms with Gasteiger partial charge in [0.1, 0.15) is 16.4 Å². The van der Waals surface area contributed by atoms with Gasteiger partial charge in [-0.05, 0) is 67.6 Å². The normalized spacial score (nSPS) is 13.9. The topological polar surface area (TPSA) is 49.4 Å². The van der Waals surface area contributed by atoms with E-state index in [4.69, 9.17) is 0 Å². The zero-order valence-electron chi connectivity index (χ0n) is 15.9. The first kappa shape index (κ1) is 20.4. The second kappa shape index (κ2) is 8.45. The predicted octanol–water partition coefficient (Wildman–Crippen LogP) is 5.89. The smallest absolute Gasteiger partial charge is 0.283 e. The third-order valence-electron chi connectivity index (χ3n) is 4.48. The number of anilines is 2. The van der Waals surface area contributed by atoms with Gasteiger partial charge in [-0.15, -0.1) is 0 Å². The van der Waals surface area contributed by atoms with E-state index in [2.05, 4.69) is 21.2 Å². The van der Waals surface area contributed by atoms with Gasteiger partial charge in [0, 0.05) is 15.1 Å². The van der Waals surface area contributed by atoms with Gasteiger partial charge in [0.25, 0.3) is 11.8 Å². The number of halogens is 2. The molecule has 0 fully saturated rings. The number of nitrogens with zero attached hydrogens (tertiary/aromatic N) is 1. The lowest BCUT2D eigenvalue weighted by atomic mass is 10.2. The van der Waals surface area contributed by atoms with Crippen LogP contribution in [0.3, 0.4) is 0 Å². The molecular weight excluding hydrogens is 467 g/mol. The Morgan fingerprint density at radius 2 is 1.50 bits per heavy atom. The maximum absolute atomic E-state index is 13.3. The van der Waals surface area contributed by atoms with Crippen LogP contribution in [0, 0.1) is 12.7 Å². The largest absolute Gasteiger partial charge is 0.350 e. The first-order chi connectivity index (χ1) is 14.4. The first-order valence-electron chi connectivity index (χ1n) is 9.08. The van der Waals surface area contributed by atoms with E-state index >= 15 is 0 Å². The van der Waals surface area contributed by atoms with Crippen LogP contribution in [-0.4, -0.2) is 11.8 Å². The van der Waals surface area contributed by atoms with Gasteiger partial charge in [0.05, 0.1) is 5.69 Å². The number of nitrogens with one attached hydrogen (secondary N) is 1. The zero-order chi connectivity index (χ0) is 21.3. The van der Waals surface area contributed by atoms with Gasteiger partial charge in [0.15, 0.2) is 0 Å². The van der Waals surface area contributed by atoms with E-state index in [1.807, 2.05) is 55.5 Å². The molecule has 0 saturated heterocycles. The average molecular weight is 483 g/mol. The Kier molecular flexibility index (Phi) is 5.74. The highest BCUT2D eigenvalue weighted by Gasteiger charge is 2.40. The van der Waals surface area contributed by atoms with Crippen LogP contribution in [0.1, 0.15) is 5.56 Å². The number of benzene rings is 3. The molecule has 0 aliphatic carbocycles. The molecule has 0 bridgehead atoms. The van der Waals surface area contributed by atoms with Crippen molar-refractivity contribution in [1.82, 2.24) is 0 Å². The van der Waals surface area contributed by atoms with Crippen molar-refractivity contribution in [2.45, 2.75) is 11.8 Å². The molecule has 0 spiro atoms. The lowest BCUT2D eigenvalue weighted by molar-refractivity contribution is -0.120. The SMILES string of the molecule is Cc1ccc(SC2=C(Nc3ccc(Br)cc3)C(=O)N(c3ccc(F)cc3)C2=O)cc1. The van der Waals surface area contributed by atoms with Crippen molar-refractivity contribution >= 4 is 50.9 Å². The molecule has 2 amide bonds. The van der Waals surface area contributed by atoms with E-state index in [-0.39, 0.29) is 10.6 Å². The number of amides is 2. The lowest BCUT2D eigenvalue weighted by Gasteiger charge is -2.15. The third kappa shape index (κ3) is 4.17. The van der Waals surface area contributed by atoms with Gasteiger partial charge in [-0.3, -0.25) is 9.59 Å². The van der Waals surface area contributed by atoms with Crippen LogP contribution in [0.15, 0.2) is 92.8 Å². The highest BCUT2D eigenvalue weighted by atomic mass is 79.9. The third-order valence-corrected chi connectivity index (χ3v) is 6.10. The van der Waals surface area contributed by atoms with Gasteiger partial charge in [-0.2, -0.15) is 0 Å². The van der Waals surface area contributed by atoms with E-state index in [0.717, 1.165) is 19.8 Å². The van der Waals surface area contributed by atoms with Crippen LogP contribution >= 0.6 is 27.7 Å². The lowest BCUT2D eigenvalue weighted by Crippen LogP contribution is -2.32. The van der Waals surface area contributed by atoms with E-state index < -0.39 is 17.6 Å². The van der Waals surface area contributed by atoms with E-state index in [1.165, 1.54) is 36.0 Å². The first-order valence-corrected chi connectivity index (χ1v) is 10.7. The standard InChI is InChI=1S/C23H16BrFN2O2S/c1-14-2-12-19(13-3-14)30-21-20(26-17-8-4-15(24)5-9-17)22(28)27(23(21)29)18-10-6-16(25)7-11-18/h2-13,26H,1H3. The van der Waals surface area contributed by atoms with Gasteiger partial charge in [0.2, 0.25) is 0 Å². The zero-order valence-corrected chi connectivity index (χ0v) is 18.3. The van der Waals surface area contributed by atoms with Crippen molar-refractivity contribution in [3.05, 3.63) is 99.3 Å².